The normalized spacial score (nSPS) is 12.1. The molecular weight excluding hydrogens is 182 g/mol. The highest BCUT2D eigenvalue weighted by Crippen LogP contribution is 2.09. The molecule has 0 amide bonds. The Morgan fingerprint density at radius 1 is 1.64 bits per heavy atom. The Morgan fingerprint density at radius 3 is 2.93 bits per heavy atom. The fraction of sp³-hybridized carbons (Fsp3) is 0.400. The summed E-state index contributed by atoms with van der Waals surface area (Å²) in [6, 6.07) is 3.27. The first kappa shape index (κ1) is 10.7. The Bertz CT molecular complexity index is 284. The second-order valence-electron chi connectivity index (χ2n) is 3.14. The number of nitrogens with zero attached hydrogens (tertiary/aromatic N) is 1. The molecule has 1 heterocycles. The van der Waals surface area contributed by atoms with Crippen molar-refractivity contribution in [2.24, 2.45) is 5.92 Å². The van der Waals surface area contributed by atoms with Gasteiger partial charge < -0.3 is 9.84 Å². The Morgan fingerprint density at radius 2 is 2.43 bits per heavy atom. The first-order valence-corrected chi connectivity index (χ1v) is 4.41. The quantitative estimate of drug-likeness (QED) is 0.709. The van der Waals surface area contributed by atoms with E-state index < -0.39 is 0 Å². The highest BCUT2D eigenvalue weighted by Gasteiger charge is 2.01. The smallest absolute Gasteiger partial charge is 0.168 e. The van der Waals surface area contributed by atoms with Gasteiger partial charge in [0.25, 0.3) is 0 Å². The predicted octanol–water partition coefficient (Wildman–Crippen LogP) is 0.901. The lowest BCUT2D eigenvalue weighted by atomic mass is 10.2. The van der Waals surface area contributed by atoms with Gasteiger partial charge in [0.05, 0.1) is 12.8 Å². The van der Waals surface area contributed by atoms with Crippen LogP contribution in [0.2, 0.25) is 0 Å². The van der Waals surface area contributed by atoms with E-state index in [4.69, 9.17) is 9.84 Å². The van der Waals surface area contributed by atoms with E-state index in [-0.39, 0.29) is 12.5 Å². The minimum Gasteiger partial charge on any atom is -0.492 e. The van der Waals surface area contributed by atoms with E-state index in [1.165, 1.54) is 6.20 Å². The molecule has 0 fully saturated rings. The van der Waals surface area contributed by atoms with Crippen molar-refractivity contribution in [2.45, 2.75) is 6.92 Å². The Balaban J connectivity index is 2.47. The van der Waals surface area contributed by atoms with E-state index in [0.717, 1.165) is 0 Å². The summed E-state index contributed by atoms with van der Waals surface area (Å²) in [4.78, 5) is 14.1. The second-order valence-corrected chi connectivity index (χ2v) is 3.14. The predicted molar refractivity (Wildman–Crippen MR) is 51.4 cm³/mol. The third-order valence-electron chi connectivity index (χ3n) is 1.73. The van der Waals surface area contributed by atoms with Gasteiger partial charge in [-0.25, -0.2) is 4.98 Å². The van der Waals surface area contributed by atoms with Gasteiger partial charge in [-0.15, -0.1) is 0 Å². The van der Waals surface area contributed by atoms with Gasteiger partial charge in [-0.1, -0.05) is 6.92 Å². The molecule has 1 atom stereocenters. The molecule has 1 aromatic rings. The van der Waals surface area contributed by atoms with Crippen molar-refractivity contribution in [1.29, 1.82) is 0 Å². The van der Waals surface area contributed by atoms with E-state index in [9.17, 15) is 4.79 Å². The molecule has 1 unspecified atom stereocenters. The molecule has 0 aromatic carbocycles. The zero-order chi connectivity index (χ0) is 10.4. The van der Waals surface area contributed by atoms with Crippen molar-refractivity contribution >= 4 is 6.29 Å². The number of carbonyl (C=O) groups is 1. The second kappa shape index (κ2) is 5.34. The van der Waals surface area contributed by atoms with Crippen molar-refractivity contribution in [3.05, 3.63) is 24.0 Å². The van der Waals surface area contributed by atoms with Crippen molar-refractivity contribution in [3.63, 3.8) is 0 Å². The Kier molecular flexibility index (Phi) is 4.07. The van der Waals surface area contributed by atoms with Crippen LogP contribution in [0.1, 0.15) is 17.4 Å². The van der Waals surface area contributed by atoms with Crippen LogP contribution in [0.5, 0.6) is 5.75 Å². The van der Waals surface area contributed by atoms with Crippen molar-refractivity contribution in [1.82, 2.24) is 4.98 Å². The maximum atomic E-state index is 10.3. The lowest BCUT2D eigenvalue weighted by Crippen LogP contribution is -2.12. The number of aldehydes is 1. The molecule has 1 rings (SSSR count). The molecule has 1 N–H and O–H groups in total. The van der Waals surface area contributed by atoms with E-state index in [0.29, 0.717) is 24.3 Å². The number of aromatic nitrogens is 1. The summed E-state index contributed by atoms with van der Waals surface area (Å²) >= 11 is 0. The lowest BCUT2D eigenvalue weighted by Gasteiger charge is -2.09. The number of ether oxygens (including phenoxy) is 1. The molecule has 76 valence electrons. The van der Waals surface area contributed by atoms with Crippen LogP contribution in [0.15, 0.2) is 18.3 Å². The summed E-state index contributed by atoms with van der Waals surface area (Å²) < 4.78 is 5.32. The van der Waals surface area contributed by atoms with Gasteiger partial charge in [0.1, 0.15) is 11.4 Å². The minimum atomic E-state index is 0.0971. The summed E-state index contributed by atoms with van der Waals surface area (Å²) in [7, 11) is 0. The summed E-state index contributed by atoms with van der Waals surface area (Å²) in [5, 5.41) is 8.75. The van der Waals surface area contributed by atoms with Crippen LogP contribution in [0.4, 0.5) is 0 Å². The number of carbonyl (C=O) groups excluding carboxylic acids is 1. The average molecular weight is 195 g/mol. The van der Waals surface area contributed by atoms with Crippen LogP contribution >= 0.6 is 0 Å². The summed E-state index contributed by atoms with van der Waals surface area (Å²) in [6.07, 6.45) is 2.17. The third-order valence-corrected chi connectivity index (χ3v) is 1.73. The number of rotatable bonds is 5. The van der Waals surface area contributed by atoms with Crippen molar-refractivity contribution < 1.29 is 14.6 Å². The van der Waals surface area contributed by atoms with E-state index in [2.05, 4.69) is 4.98 Å². The molecule has 4 nitrogen and oxygen atoms in total. The van der Waals surface area contributed by atoms with Crippen LogP contribution < -0.4 is 4.74 Å². The molecule has 0 saturated heterocycles. The molecular formula is C10H13NO3. The largest absolute Gasteiger partial charge is 0.492 e. The van der Waals surface area contributed by atoms with Crippen LogP contribution in [0.3, 0.4) is 0 Å². The molecule has 0 radical (unpaired) electrons. The number of hydrogen-bond acceptors (Lipinski definition) is 4. The zero-order valence-electron chi connectivity index (χ0n) is 8.01. The Hall–Kier alpha value is -1.42. The van der Waals surface area contributed by atoms with Crippen LogP contribution in [-0.2, 0) is 0 Å². The molecule has 4 heteroatoms. The standard InChI is InChI=1S/C10H13NO3/c1-8(5-12)7-14-10-3-2-9(6-13)11-4-10/h2-4,6,8,12H,5,7H2,1H3. The number of aliphatic hydroxyl groups is 1. The fourth-order valence-corrected chi connectivity index (χ4v) is 0.838. The van der Waals surface area contributed by atoms with Gasteiger partial charge in [-0.2, -0.15) is 0 Å². The fourth-order valence-electron chi connectivity index (χ4n) is 0.838. The van der Waals surface area contributed by atoms with E-state index >= 15 is 0 Å². The van der Waals surface area contributed by atoms with Crippen LogP contribution in [0.25, 0.3) is 0 Å². The molecule has 0 aliphatic heterocycles. The number of pyridine rings is 1. The summed E-state index contributed by atoms with van der Waals surface area (Å²) in [6.45, 7) is 2.42. The Labute approximate surface area is 82.5 Å². The SMILES string of the molecule is CC(CO)COc1ccc(C=O)nc1. The zero-order valence-corrected chi connectivity index (χ0v) is 8.01. The number of hydrogen-bond donors (Lipinski definition) is 1. The first-order chi connectivity index (χ1) is 6.76. The summed E-state index contributed by atoms with van der Waals surface area (Å²) in [5.74, 6) is 0.705. The summed E-state index contributed by atoms with van der Waals surface area (Å²) in [5.41, 5.74) is 0.382. The van der Waals surface area contributed by atoms with Gasteiger partial charge >= 0.3 is 0 Å². The van der Waals surface area contributed by atoms with Crippen LogP contribution in [0, 0.1) is 5.92 Å². The molecule has 0 bridgehead atoms. The maximum Gasteiger partial charge on any atom is 0.168 e. The van der Waals surface area contributed by atoms with Crippen LogP contribution in [-0.4, -0.2) is 29.6 Å². The first-order valence-electron chi connectivity index (χ1n) is 4.41. The van der Waals surface area contributed by atoms with Gasteiger partial charge in [-0.3, -0.25) is 4.79 Å². The average Bonchev–Trinajstić information content (AvgIpc) is 2.26. The molecule has 0 spiro atoms. The van der Waals surface area contributed by atoms with Gasteiger partial charge in [0.15, 0.2) is 6.29 Å². The molecule has 1 aromatic heterocycles. The maximum absolute atomic E-state index is 10.3. The van der Waals surface area contributed by atoms with Gasteiger partial charge in [0, 0.05) is 12.5 Å². The lowest BCUT2D eigenvalue weighted by molar-refractivity contribution is 0.111. The van der Waals surface area contributed by atoms with Gasteiger partial charge in [0.2, 0.25) is 0 Å². The number of aliphatic hydroxyl groups excluding tert-OH is 1. The van der Waals surface area contributed by atoms with Crippen molar-refractivity contribution in [3.8, 4) is 5.75 Å². The highest BCUT2D eigenvalue weighted by molar-refractivity contribution is 5.71. The highest BCUT2D eigenvalue weighted by atomic mass is 16.5. The van der Waals surface area contributed by atoms with Gasteiger partial charge in [-0.05, 0) is 12.1 Å². The molecule has 0 saturated carbocycles. The molecule has 14 heavy (non-hydrogen) atoms. The minimum absolute atomic E-state index is 0.0971. The monoisotopic (exact) mass is 195 g/mol. The third kappa shape index (κ3) is 3.14. The van der Waals surface area contributed by atoms with E-state index in [1.807, 2.05) is 6.92 Å². The topological polar surface area (TPSA) is 59.4 Å². The molecule has 0 aliphatic rings. The van der Waals surface area contributed by atoms with E-state index in [1.54, 1.807) is 12.1 Å². The van der Waals surface area contributed by atoms with Crippen molar-refractivity contribution in [2.75, 3.05) is 13.2 Å². The molecule has 0 aliphatic carbocycles.